The topological polar surface area (TPSA) is 71.0 Å². The normalized spacial score (nSPS) is 15.4. The summed E-state index contributed by atoms with van der Waals surface area (Å²) in [7, 11) is 1.65. The molecule has 6 nitrogen and oxygen atoms in total. The number of carbonyl (C=O) groups excluding carboxylic acids is 1. The Morgan fingerprint density at radius 1 is 1.42 bits per heavy atom. The fraction of sp³-hybridized carbons (Fsp3) is 0.333. The van der Waals surface area contributed by atoms with E-state index in [2.05, 4.69) is 20.3 Å². The molecule has 0 radical (unpaired) electrons. The van der Waals surface area contributed by atoms with Gasteiger partial charge < -0.3 is 10.2 Å². The molecule has 98 valence electrons. The van der Waals surface area contributed by atoms with Crippen molar-refractivity contribution in [3.63, 3.8) is 0 Å². The van der Waals surface area contributed by atoms with Crippen LogP contribution in [-0.2, 0) is 4.79 Å². The van der Waals surface area contributed by atoms with Gasteiger partial charge in [-0.3, -0.25) is 4.79 Å². The molecule has 2 aromatic heterocycles. The molecule has 0 unspecified atom stereocenters. The molecular formula is C12H12ClN5O. The van der Waals surface area contributed by atoms with Gasteiger partial charge in [0.1, 0.15) is 17.0 Å². The van der Waals surface area contributed by atoms with E-state index in [0.717, 1.165) is 11.3 Å². The van der Waals surface area contributed by atoms with Gasteiger partial charge in [0, 0.05) is 20.1 Å². The van der Waals surface area contributed by atoms with Crippen LogP contribution in [0.2, 0.25) is 5.15 Å². The summed E-state index contributed by atoms with van der Waals surface area (Å²) in [6.45, 7) is 1.28. The second kappa shape index (κ2) is 4.62. The number of carbonyl (C=O) groups is 1. The molecule has 1 fully saturated rings. The number of halogens is 1. The minimum atomic E-state index is 0.00852. The fourth-order valence-corrected chi connectivity index (χ4v) is 2.30. The second-order valence-electron chi connectivity index (χ2n) is 4.42. The largest absolute Gasteiger partial charge is 0.359 e. The predicted octanol–water partition coefficient (Wildman–Crippen LogP) is 0.860. The molecule has 1 saturated heterocycles. The molecule has 0 aliphatic carbocycles. The van der Waals surface area contributed by atoms with Crippen LogP contribution in [0.15, 0.2) is 18.5 Å². The van der Waals surface area contributed by atoms with Crippen LogP contribution >= 0.6 is 11.6 Å². The first-order chi connectivity index (χ1) is 9.19. The molecule has 1 N–H and O–H groups in total. The zero-order chi connectivity index (χ0) is 13.4. The highest BCUT2D eigenvalue weighted by molar-refractivity contribution is 6.29. The highest BCUT2D eigenvalue weighted by Gasteiger charge is 2.34. The summed E-state index contributed by atoms with van der Waals surface area (Å²) < 4.78 is 0. The highest BCUT2D eigenvalue weighted by Crippen LogP contribution is 2.28. The van der Waals surface area contributed by atoms with Gasteiger partial charge in [-0.15, -0.1) is 0 Å². The number of anilines is 1. The zero-order valence-electron chi connectivity index (χ0n) is 10.3. The summed E-state index contributed by atoms with van der Waals surface area (Å²) >= 11 is 5.91. The first-order valence-corrected chi connectivity index (χ1v) is 6.30. The lowest BCUT2D eigenvalue weighted by Gasteiger charge is -2.38. The third-order valence-corrected chi connectivity index (χ3v) is 3.44. The van der Waals surface area contributed by atoms with Gasteiger partial charge in [-0.1, -0.05) is 11.6 Å². The maximum Gasteiger partial charge on any atom is 0.226 e. The molecule has 0 aromatic carbocycles. The van der Waals surface area contributed by atoms with Crippen molar-refractivity contribution in [3.8, 4) is 0 Å². The average Bonchev–Trinajstić information content (AvgIpc) is 2.37. The van der Waals surface area contributed by atoms with E-state index in [9.17, 15) is 4.79 Å². The third kappa shape index (κ3) is 2.08. The van der Waals surface area contributed by atoms with Crippen molar-refractivity contribution < 1.29 is 4.79 Å². The van der Waals surface area contributed by atoms with E-state index in [1.807, 2.05) is 11.0 Å². The van der Waals surface area contributed by atoms with E-state index in [4.69, 9.17) is 11.6 Å². The standard InChI is InChI=1S/C12H12ClN5O/c1-14-12(19)7-4-18(5-7)11-10-8(15-6-16-11)2-3-9(13)17-10/h2-3,6-7H,4-5H2,1H3,(H,14,19). The summed E-state index contributed by atoms with van der Waals surface area (Å²) in [5.74, 6) is 0.794. The van der Waals surface area contributed by atoms with Gasteiger partial charge in [-0.25, -0.2) is 15.0 Å². The lowest BCUT2D eigenvalue weighted by Crippen LogP contribution is -2.53. The molecule has 1 amide bonds. The number of hydrogen-bond acceptors (Lipinski definition) is 5. The summed E-state index contributed by atoms with van der Waals surface area (Å²) in [5, 5.41) is 3.06. The summed E-state index contributed by atoms with van der Waals surface area (Å²) in [4.78, 5) is 26.2. The lowest BCUT2D eigenvalue weighted by atomic mass is 9.99. The number of pyridine rings is 1. The number of nitrogens with one attached hydrogen (secondary N) is 1. The Hall–Kier alpha value is -1.95. The van der Waals surface area contributed by atoms with Crippen LogP contribution in [0.25, 0.3) is 11.0 Å². The van der Waals surface area contributed by atoms with Crippen LogP contribution in [0, 0.1) is 5.92 Å². The Morgan fingerprint density at radius 2 is 2.21 bits per heavy atom. The van der Waals surface area contributed by atoms with Gasteiger partial charge in [0.15, 0.2) is 5.82 Å². The van der Waals surface area contributed by atoms with Crippen molar-refractivity contribution >= 4 is 34.4 Å². The summed E-state index contributed by atoms with van der Waals surface area (Å²) in [6, 6.07) is 3.51. The maximum absolute atomic E-state index is 11.5. The summed E-state index contributed by atoms with van der Waals surface area (Å²) in [6.07, 6.45) is 1.50. The smallest absolute Gasteiger partial charge is 0.226 e. The van der Waals surface area contributed by atoms with Crippen LogP contribution in [0.5, 0.6) is 0 Å². The van der Waals surface area contributed by atoms with Gasteiger partial charge in [0.25, 0.3) is 0 Å². The Labute approximate surface area is 114 Å². The van der Waals surface area contributed by atoms with Crippen molar-refractivity contribution in [2.45, 2.75) is 0 Å². The van der Waals surface area contributed by atoms with Gasteiger partial charge >= 0.3 is 0 Å². The van der Waals surface area contributed by atoms with Gasteiger partial charge in [-0.05, 0) is 12.1 Å². The van der Waals surface area contributed by atoms with Crippen LogP contribution in [-0.4, -0.2) is 41.0 Å². The van der Waals surface area contributed by atoms with E-state index in [0.29, 0.717) is 23.8 Å². The maximum atomic E-state index is 11.5. The van der Waals surface area contributed by atoms with Crippen molar-refractivity contribution in [2.75, 3.05) is 25.0 Å². The number of hydrogen-bond donors (Lipinski definition) is 1. The molecule has 19 heavy (non-hydrogen) atoms. The fourth-order valence-electron chi connectivity index (χ4n) is 2.16. The Morgan fingerprint density at radius 3 is 2.95 bits per heavy atom. The number of amides is 1. The first-order valence-electron chi connectivity index (χ1n) is 5.93. The van der Waals surface area contributed by atoms with Crippen molar-refractivity contribution in [2.24, 2.45) is 5.92 Å². The van der Waals surface area contributed by atoms with Crippen LogP contribution in [0.4, 0.5) is 5.82 Å². The van der Waals surface area contributed by atoms with Crippen molar-refractivity contribution in [1.82, 2.24) is 20.3 Å². The SMILES string of the molecule is CNC(=O)C1CN(c2ncnc3ccc(Cl)nc23)C1. The number of rotatable bonds is 2. The van der Waals surface area contributed by atoms with Crippen LogP contribution in [0.3, 0.4) is 0 Å². The molecule has 7 heteroatoms. The molecule has 1 aliphatic heterocycles. The molecular weight excluding hydrogens is 266 g/mol. The Balaban J connectivity index is 1.90. The van der Waals surface area contributed by atoms with E-state index in [1.165, 1.54) is 6.33 Å². The predicted molar refractivity (Wildman–Crippen MR) is 72.1 cm³/mol. The molecule has 3 heterocycles. The minimum Gasteiger partial charge on any atom is -0.359 e. The minimum absolute atomic E-state index is 0.00852. The van der Waals surface area contributed by atoms with Crippen LogP contribution in [0.1, 0.15) is 0 Å². The molecule has 0 bridgehead atoms. The Bertz CT molecular complexity index is 641. The van der Waals surface area contributed by atoms with E-state index in [-0.39, 0.29) is 11.8 Å². The van der Waals surface area contributed by atoms with E-state index < -0.39 is 0 Å². The van der Waals surface area contributed by atoms with Gasteiger partial charge in [0.2, 0.25) is 5.91 Å². The van der Waals surface area contributed by atoms with Gasteiger partial charge in [0.05, 0.1) is 11.4 Å². The van der Waals surface area contributed by atoms with E-state index in [1.54, 1.807) is 13.1 Å². The first kappa shape index (κ1) is 12.1. The number of aromatic nitrogens is 3. The highest BCUT2D eigenvalue weighted by atomic mass is 35.5. The molecule has 1 aliphatic rings. The average molecular weight is 278 g/mol. The lowest BCUT2D eigenvalue weighted by molar-refractivity contribution is -0.125. The van der Waals surface area contributed by atoms with Gasteiger partial charge in [-0.2, -0.15) is 0 Å². The quantitative estimate of drug-likeness (QED) is 0.825. The zero-order valence-corrected chi connectivity index (χ0v) is 11.1. The molecule has 2 aromatic rings. The van der Waals surface area contributed by atoms with Crippen LogP contribution < -0.4 is 10.2 Å². The molecule has 0 saturated carbocycles. The van der Waals surface area contributed by atoms with Crippen molar-refractivity contribution in [1.29, 1.82) is 0 Å². The van der Waals surface area contributed by atoms with Crippen molar-refractivity contribution in [3.05, 3.63) is 23.6 Å². The molecule has 0 atom stereocenters. The second-order valence-corrected chi connectivity index (χ2v) is 4.80. The van der Waals surface area contributed by atoms with E-state index >= 15 is 0 Å². The molecule has 0 spiro atoms. The third-order valence-electron chi connectivity index (χ3n) is 3.23. The molecule has 3 rings (SSSR count). The monoisotopic (exact) mass is 277 g/mol. The summed E-state index contributed by atoms with van der Waals surface area (Å²) in [5.41, 5.74) is 1.42. The number of fused-ring (bicyclic) bond motifs is 1. The Kier molecular flexibility index (Phi) is 2.94. The number of nitrogens with zero attached hydrogens (tertiary/aromatic N) is 4.